The van der Waals surface area contributed by atoms with Crippen LogP contribution in [-0.4, -0.2) is 42.0 Å². The zero-order valence-corrected chi connectivity index (χ0v) is 21.8. The third-order valence-electron chi connectivity index (χ3n) is 6.91. The summed E-state index contributed by atoms with van der Waals surface area (Å²) in [4.78, 5) is 24.0. The molecule has 0 bridgehead atoms. The molecule has 0 aliphatic rings. The van der Waals surface area contributed by atoms with Crippen LogP contribution in [0.25, 0.3) is 0 Å². The van der Waals surface area contributed by atoms with E-state index in [4.69, 9.17) is 9.47 Å². The first-order chi connectivity index (χ1) is 19.0. The quantitative estimate of drug-likeness (QED) is 0.188. The molecule has 4 rings (SSSR count). The number of carbonyl (C=O) groups excluding carboxylic acids is 1. The average molecular weight is 525 g/mol. The number of carboxylic acid groups (broad SMARTS) is 1. The summed E-state index contributed by atoms with van der Waals surface area (Å²) in [7, 11) is 1.32. The van der Waals surface area contributed by atoms with Crippen LogP contribution in [0.5, 0.6) is 0 Å². The van der Waals surface area contributed by atoms with Crippen molar-refractivity contribution in [2.45, 2.75) is 24.5 Å². The highest BCUT2D eigenvalue weighted by atomic mass is 16.5. The van der Waals surface area contributed by atoms with E-state index in [9.17, 15) is 19.8 Å². The van der Waals surface area contributed by atoms with Crippen molar-refractivity contribution in [3.8, 4) is 0 Å². The monoisotopic (exact) mass is 524 g/mol. The minimum Gasteiger partial charge on any atom is -0.481 e. The Hall–Kier alpha value is -4.26. The zero-order chi connectivity index (χ0) is 27.7. The molecule has 4 aromatic rings. The molecule has 0 aliphatic carbocycles. The number of aliphatic hydroxyl groups is 1. The Morgan fingerprint density at radius 1 is 0.744 bits per heavy atom. The second-order valence-corrected chi connectivity index (χ2v) is 9.33. The molecule has 200 valence electrons. The molecule has 0 saturated heterocycles. The highest BCUT2D eigenvalue weighted by Crippen LogP contribution is 2.41. The first kappa shape index (κ1) is 27.8. The van der Waals surface area contributed by atoms with Gasteiger partial charge in [-0.1, -0.05) is 103 Å². The van der Waals surface area contributed by atoms with Crippen LogP contribution in [0.15, 0.2) is 115 Å². The van der Waals surface area contributed by atoms with E-state index in [1.165, 1.54) is 7.11 Å². The molecule has 6 nitrogen and oxygen atoms in total. The minimum atomic E-state index is -1.16. The third kappa shape index (κ3) is 6.42. The summed E-state index contributed by atoms with van der Waals surface area (Å²) < 4.78 is 11.4. The van der Waals surface area contributed by atoms with Gasteiger partial charge in [-0.15, -0.1) is 0 Å². The second kappa shape index (κ2) is 13.0. The normalized spacial score (nSPS) is 12.9. The van der Waals surface area contributed by atoms with Gasteiger partial charge in [-0.3, -0.25) is 4.79 Å². The molecule has 2 atom stereocenters. The SMILES string of the molecule is COC(=O)c1ccc(CC[C@H](O)[C@H](COC(c2ccccc2)(c2ccccc2)c2ccccc2)C(=O)O)cc1. The topological polar surface area (TPSA) is 93.1 Å². The van der Waals surface area contributed by atoms with Crippen molar-refractivity contribution in [2.75, 3.05) is 13.7 Å². The molecular weight excluding hydrogens is 492 g/mol. The van der Waals surface area contributed by atoms with Crippen LogP contribution in [0.3, 0.4) is 0 Å². The van der Waals surface area contributed by atoms with Crippen LogP contribution in [-0.2, 0) is 26.3 Å². The number of esters is 1. The number of carbonyl (C=O) groups is 2. The van der Waals surface area contributed by atoms with Gasteiger partial charge in [-0.05, 0) is 47.2 Å². The number of carboxylic acids is 1. The van der Waals surface area contributed by atoms with E-state index in [-0.39, 0.29) is 13.0 Å². The lowest BCUT2D eigenvalue weighted by molar-refractivity contribution is -0.151. The largest absolute Gasteiger partial charge is 0.481 e. The lowest BCUT2D eigenvalue weighted by Gasteiger charge is -2.37. The maximum atomic E-state index is 12.3. The number of hydrogen-bond acceptors (Lipinski definition) is 5. The number of aliphatic hydroxyl groups excluding tert-OH is 1. The van der Waals surface area contributed by atoms with Gasteiger partial charge < -0.3 is 19.7 Å². The molecule has 0 unspecified atom stereocenters. The molecule has 0 aliphatic heterocycles. The summed E-state index contributed by atoms with van der Waals surface area (Å²) in [5, 5.41) is 21.1. The molecule has 6 heteroatoms. The van der Waals surface area contributed by atoms with Crippen LogP contribution < -0.4 is 0 Å². The van der Waals surface area contributed by atoms with Gasteiger partial charge in [0.25, 0.3) is 0 Å². The van der Waals surface area contributed by atoms with E-state index in [1.54, 1.807) is 24.3 Å². The van der Waals surface area contributed by atoms with Gasteiger partial charge in [0, 0.05) is 0 Å². The van der Waals surface area contributed by atoms with Crippen molar-refractivity contribution in [3.05, 3.63) is 143 Å². The molecule has 0 heterocycles. The van der Waals surface area contributed by atoms with Crippen molar-refractivity contribution in [1.29, 1.82) is 0 Å². The van der Waals surface area contributed by atoms with Crippen LogP contribution in [0.2, 0.25) is 0 Å². The van der Waals surface area contributed by atoms with Gasteiger partial charge in [0.2, 0.25) is 0 Å². The Balaban J connectivity index is 1.60. The predicted molar refractivity (Wildman–Crippen MR) is 148 cm³/mol. The predicted octanol–water partition coefficient (Wildman–Crippen LogP) is 5.48. The summed E-state index contributed by atoms with van der Waals surface area (Å²) in [6.45, 7) is -0.212. The van der Waals surface area contributed by atoms with Crippen LogP contribution >= 0.6 is 0 Å². The van der Waals surface area contributed by atoms with Gasteiger partial charge in [-0.25, -0.2) is 4.79 Å². The fourth-order valence-electron chi connectivity index (χ4n) is 4.77. The van der Waals surface area contributed by atoms with Gasteiger partial charge in [0.1, 0.15) is 11.5 Å². The summed E-state index contributed by atoms with van der Waals surface area (Å²) in [5.41, 5.74) is 2.78. The van der Waals surface area contributed by atoms with Gasteiger partial charge in [-0.2, -0.15) is 0 Å². The molecule has 39 heavy (non-hydrogen) atoms. The number of aryl methyl sites for hydroxylation is 1. The minimum absolute atomic E-state index is 0.212. The average Bonchev–Trinajstić information content (AvgIpc) is 2.99. The Labute approximate surface area is 228 Å². The lowest BCUT2D eigenvalue weighted by atomic mass is 9.80. The molecular formula is C33H32O6. The van der Waals surface area contributed by atoms with Gasteiger partial charge in [0.15, 0.2) is 0 Å². The first-order valence-corrected chi connectivity index (χ1v) is 12.8. The summed E-state index contributed by atoms with van der Waals surface area (Å²) in [6.07, 6.45) is -0.497. The second-order valence-electron chi connectivity index (χ2n) is 9.33. The molecule has 2 N–H and O–H groups in total. The van der Waals surface area contributed by atoms with E-state index in [0.29, 0.717) is 12.0 Å². The van der Waals surface area contributed by atoms with Crippen LogP contribution in [0.4, 0.5) is 0 Å². The molecule has 0 amide bonds. The molecule has 0 saturated carbocycles. The number of methoxy groups -OCH3 is 1. The zero-order valence-electron chi connectivity index (χ0n) is 21.8. The van der Waals surface area contributed by atoms with Crippen molar-refractivity contribution >= 4 is 11.9 Å². The standard InChI is InChI=1S/C33H32O6/c1-38-32(37)25-20-17-24(18-21-25)19-22-30(34)29(31(35)36)23-39-33(26-11-5-2-6-12-26,27-13-7-3-8-14-27)28-15-9-4-10-16-28/h2-18,20-21,29-30,34H,19,22-23H2,1H3,(H,35,36)/t29-,30-/m0/s1. The van der Waals surface area contributed by atoms with Gasteiger partial charge >= 0.3 is 11.9 Å². The van der Waals surface area contributed by atoms with E-state index in [2.05, 4.69) is 0 Å². The van der Waals surface area contributed by atoms with Crippen molar-refractivity contribution in [2.24, 2.45) is 5.92 Å². The fraction of sp³-hybridized carbons (Fsp3) is 0.212. The Bertz CT molecular complexity index is 1240. The maximum Gasteiger partial charge on any atom is 0.337 e. The Morgan fingerprint density at radius 2 is 1.21 bits per heavy atom. The maximum absolute atomic E-state index is 12.3. The van der Waals surface area contributed by atoms with E-state index in [1.807, 2.05) is 91.0 Å². The number of ether oxygens (including phenoxy) is 2. The smallest absolute Gasteiger partial charge is 0.337 e. The van der Waals surface area contributed by atoms with E-state index >= 15 is 0 Å². The highest BCUT2D eigenvalue weighted by Gasteiger charge is 2.40. The molecule has 0 fully saturated rings. The third-order valence-corrected chi connectivity index (χ3v) is 6.91. The highest BCUT2D eigenvalue weighted by molar-refractivity contribution is 5.89. The van der Waals surface area contributed by atoms with E-state index in [0.717, 1.165) is 22.3 Å². The molecule has 0 radical (unpaired) electrons. The molecule has 0 aromatic heterocycles. The lowest BCUT2D eigenvalue weighted by Crippen LogP contribution is -2.39. The fourth-order valence-corrected chi connectivity index (χ4v) is 4.77. The Morgan fingerprint density at radius 3 is 1.62 bits per heavy atom. The van der Waals surface area contributed by atoms with E-state index < -0.39 is 29.6 Å². The Kier molecular flexibility index (Phi) is 9.26. The van der Waals surface area contributed by atoms with Crippen molar-refractivity contribution < 1.29 is 29.3 Å². The van der Waals surface area contributed by atoms with Crippen molar-refractivity contribution in [3.63, 3.8) is 0 Å². The molecule has 4 aromatic carbocycles. The summed E-state index contributed by atoms with van der Waals surface area (Å²) in [6, 6.07) is 35.9. The number of aliphatic carboxylic acids is 1. The molecule has 0 spiro atoms. The van der Waals surface area contributed by atoms with Crippen LogP contribution in [0.1, 0.15) is 39.0 Å². The summed E-state index contributed by atoms with van der Waals surface area (Å²) >= 11 is 0. The van der Waals surface area contributed by atoms with Crippen molar-refractivity contribution in [1.82, 2.24) is 0 Å². The number of rotatable bonds is 12. The first-order valence-electron chi connectivity index (χ1n) is 12.8. The summed E-state index contributed by atoms with van der Waals surface area (Å²) in [5.74, 6) is -2.72. The number of benzene rings is 4. The number of hydrogen-bond donors (Lipinski definition) is 2. The van der Waals surface area contributed by atoms with Crippen LogP contribution in [0, 0.1) is 5.92 Å². The van der Waals surface area contributed by atoms with Gasteiger partial charge in [0.05, 0.1) is 25.4 Å².